The summed E-state index contributed by atoms with van der Waals surface area (Å²) in [6.07, 6.45) is 0.175. The molecule has 3 rings (SSSR count). The summed E-state index contributed by atoms with van der Waals surface area (Å²) >= 11 is 8.77. The molecule has 0 fully saturated rings. The molecular weight excluding hydrogens is 428 g/mol. The number of nitrogens with zero attached hydrogens (tertiary/aromatic N) is 1. The molecule has 0 aliphatic heterocycles. The number of esters is 1. The third-order valence-electron chi connectivity index (χ3n) is 3.81. The van der Waals surface area contributed by atoms with Gasteiger partial charge in [-0.25, -0.2) is 4.98 Å². The molecule has 3 aromatic rings. The van der Waals surface area contributed by atoms with Crippen molar-refractivity contribution in [3.05, 3.63) is 75.2 Å². The van der Waals surface area contributed by atoms with Gasteiger partial charge in [-0.3, -0.25) is 9.59 Å². The van der Waals surface area contributed by atoms with Crippen LogP contribution in [0.25, 0.3) is 0 Å². The number of aryl methyl sites for hydroxylation is 1. The zero-order valence-electron chi connectivity index (χ0n) is 15.7. The van der Waals surface area contributed by atoms with Gasteiger partial charge in [0, 0.05) is 16.0 Å². The average Bonchev–Trinajstić information content (AvgIpc) is 3.14. The van der Waals surface area contributed by atoms with Gasteiger partial charge >= 0.3 is 5.97 Å². The first kappa shape index (κ1) is 21.4. The Balaban J connectivity index is 1.42. The monoisotopic (exact) mass is 446 g/mol. The highest BCUT2D eigenvalue weighted by molar-refractivity contribution is 8.00. The molecule has 0 aliphatic rings. The van der Waals surface area contributed by atoms with Crippen LogP contribution in [0.3, 0.4) is 0 Å². The van der Waals surface area contributed by atoms with Crippen molar-refractivity contribution >= 4 is 52.3 Å². The van der Waals surface area contributed by atoms with Crippen molar-refractivity contribution in [2.75, 3.05) is 11.1 Å². The van der Waals surface area contributed by atoms with Crippen molar-refractivity contribution in [2.24, 2.45) is 0 Å². The Kier molecular flexibility index (Phi) is 7.69. The van der Waals surface area contributed by atoms with Gasteiger partial charge in [-0.15, -0.1) is 23.1 Å². The third kappa shape index (κ3) is 6.88. The number of hydrogen-bond donors (Lipinski definition) is 1. The SMILES string of the molecule is Cc1ccc(NC(=O)Cc2nc(COC(=O)CSc3ccccc3Cl)cs2)cc1. The van der Waals surface area contributed by atoms with Crippen molar-refractivity contribution in [2.45, 2.75) is 24.8 Å². The van der Waals surface area contributed by atoms with Crippen molar-refractivity contribution in [3.63, 3.8) is 0 Å². The van der Waals surface area contributed by atoms with Crippen molar-refractivity contribution in [1.29, 1.82) is 0 Å². The number of benzene rings is 2. The standard InChI is InChI=1S/C21H19ClN2O3S2/c1-14-6-8-15(9-7-14)23-19(25)10-20-24-16(12-29-20)11-27-21(26)13-28-18-5-3-2-4-17(18)22/h2-9,12H,10-11,13H2,1H3,(H,23,25). The zero-order chi connectivity index (χ0) is 20.6. The van der Waals surface area contributed by atoms with Crippen LogP contribution in [0.1, 0.15) is 16.3 Å². The Morgan fingerprint density at radius 3 is 2.69 bits per heavy atom. The van der Waals surface area contributed by atoms with Gasteiger partial charge in [0.2, 0.25) is 5.91 Å². The van der Waals surface area contributed by atoms with Gasteiger partial charge in [0.15, 0.2) is 0 Å². The molecule has 0 atom stereocenters. The van der Waals surface area contributed by atoms with Gasteiger partial charge in [-0.05, 0) is 31.2 Å². The number of rotatable bonds is 8. The maximum absolute atomic E-state index is 12.1. The molecule has 2 aromatic carbocycles. The number of carbonyl (C=O) groups excluding carboxylic acids is 2. The summed E-state index contributed by atoms with van der Waals surface area (Å²) in [5.41, 5.74) is 2.51. The van der Waals surface area contributed by atoms with E-state index in [4.69, 9.17) is 16.3 Å². The summed E-state index contributed by atoms with van der Waals surface area (Å²) in [5, 5.41) is 5.92. The fourth-order valence-corrected chi connectivity index (χ4v) is 4.18. The van der Waals surface area contributed by atoms with Crippen LogP contribution in [0.15, 0.2) is 58.8 Å². The number of nitrogens with one attached hydrogen (secondary N) is 1. The Labute approximate surface area is 182 Å². The number of amides is 1. The molecule has 8 heteroatoms. The number of carbonyl (C=O) groups is 2. The number of thioether (sulfide) groups is 1. The third-order valence-corrected chi connectivity index (χ3v) is 6.20. The van der Waals surface area contributed by atoms with Gasteiger partial charge in [-0.2, -0.15) is 0 Å². The first-order valence-corrected chi connectivity index (χ1v) is 11.1. The average molecular weight is 447 g/mol. The van der Waals surface area contributed by atoms with Crippen LogP contribution in [0.5, 0.6) is 0 Å². The molecule has 0 saturated heterocycles. The van der Waals surface area contributed by atoms with Gasteiger partial charge < -0.3 is 10.1 Å². The van der Waals surface area contributed by atoms with Crippen molar-refractivity contribution in [3.8, 4) is 0 Å². The van der Waals surface area contributed by atoms with E-state index in [0.29, 0.717) is 15.7 Å². The Morgan fingerprint density at radius 1 is 1.17 bits per heavy atom. The number of thiazole rings is 1. The maximum atomic E-state index is 12.1. The fraction of sp³-hybridized carbons (Fsp3) is 0.190. The summed E-state index contributed by atoms with van der Waals surface area (Å²) < 4.78 is 5.26. The fourth-order valence-electron chi connectivity index (χ4n) is 2.37. The molecule has 0 bridgehead atoms. The van der Waals surface area contributed by atoms with E-state index in [-0.39, 0.29) is 30.7 Å². The molecule has 0 radical (unpaired) electrons. The maximum Gasteiger partial charge on any atom is 0.316 e. The number of aromatic nitrogens is 1. The van der Waals surface area contributed by atoms with Gasteiger partial charge in [0.05, 0.1) is 22.9 Å². The molecule has 150 valence electrons. The first-order chi connectivity index (χ1) is 14.0. The van der Waals surface area contributed by atoms with Crippen LogP contribution >= 0.6 is 34.7 Å². The van der Waals surface area contributed by atoms with Crippen LogP contribution in [-0.4, -0.2) is 22.6 Å². The van der Waals surface area contributed by atoms with E-state index in [0.717, 1.165) is 16.1 Å². The van der Waals surface area contributed by atoms with Gasteiger partial charge in [0.25, 0.3) is 0 Å². The highest BCUT2D eigenvalue weighted by Gasteiger charge is 2.11. The van der Waals surface area contributed by atoms with Crippen LogP contribution < -0.4 is 5.32 Å². The lowest BCUT2D eigenvalue weighted by atomic mass is 10.2. The molecule has 0 unspecified atom stereocenters. The first-order valence-electron chi connectivity index (χ1n) is 8.82. The second kappa shape index (κ2) is 10.4. The predicted octanol–water partition coefficient (Wildman–Crippen LogP) is 5.12. The molecule has 1 amide bonds. The highest BCUT2D eigenvalue weighted by Crippen LogP contribution is 2.26. The Bertz CT molecular complexity index is 990. The number of ether oxygens (including phenoxy) is 1. The zero-order valence-corrected chi connectivity index (χ0v) is 18.1. The summed E-state index contributed by atoms with van der Waals surface area (Å²) in [4.78, 5) is 29.3. The second-order valence-corrected chi connectivity index (χ2v) is 8.57. The van der Waals surface area contributed by atoms with Crippen molar-refractivity contribution in [1.82, 2.24) is 4.98 Å². The molecule has 1 N–H and O–H groups in total. The molecule has 1 heterocycles. The van der Waals surface area contributed by atoms with E-state index in [9.17, 15) is 9.59 Å². The lowest BCUT2D eigenvalue weighted by Gasteiger charge is -2.05. The summed E-state index contributed by atoms with van der Waals surface area (Å²) in [7, 11) is 0. The Morgan fingerprint density at radius 2 is 1.93 bits per heavy atom. The van der Waals surface area contributed by atoms with E-state index in [1.165, 1.54) is 23.1 Å². The van der Waals surface area contributed by atoms with Crippen molar-refractivity contribution < 1.29 is 14.3 Å². The van der Waals surface area contributed by atoms with E-state index >= 15 is 0 Å². The summed E-state index contributed by atoms with van der Waals surface area (Å²) in [6.45, 7) is 2.07. The number of anilines is 1. The molecule has 29 heavy (non-hydrogen) atoms. The number of halogens is 1. The van der Waals surface area contributed by atoms with Crippen LogP contribution in [-0.2, 0) is 27.4 Å². The van der Waals surface area contributed by atoms with Crippen LogP contribution in [0, 0.1) is 6.92 Å². The predicted molar refractivity (Wildman–Crippen MR) is 118 cm³/mol. The lowest BCUT2D eigenvalue weighted by Crippen LogP contribution is -2.14. The smallest absolute Gasteiger partial charge is 0.316 e. The van der Waals surface area contributed by atoms with E-state index in [2.05, 4.69) is 10.3 Å². The minimum atomic E-state index is -0.346. The normalized spacial score (nSPS) is 10.6. The van der Waals surface area contributed by atoms with Gasteiger partial charge in [0.1, 0.15) is 11.6 Å². The molecule has 0 saturated carbocycles. The molecule has 0 aliphatic carbocycles. The number of hydrogen-bond acceptors (Lipinski definition) is 6. The van der Waals surface area contributed by atoms with E-state index in [1.807, 2.05) is 49.4 Å². The Hall–Kier alpha value is -2.35. The molecule has 1 aromatic heterocycles. The van der Waals surface area contributed by atoms with E-state index < -0.39 is 0 Å². The quantitative estimate of drug-likeness (QED) is 0.384. The summed E-state index contributed by atoms with van der Waals surface area (Å²) in [6, 6.07) is 14.9. The van der Waals surface area contributed by atoms with E-state index in [1.54, 1.807) is 11.4 Å². The van der Waals surface area contributed by atoms with Crippen LogP contribution in [0.4, 0.5) is 5.69 Å². The minimum Gasteiger partial charge on any atom is -0.459 e. The second-order valence-electron chi connectivity index (χ2n) is 6.20. The minimum absolute atomic E-state index is 0.0813. The highest BCUT2D eigenvalue weighted by atomic mass is 35.5. The molecule has 5 nitrogen and oxygen atoms in total. The topological polar surface area (TPSA) is 68.3 Å². The van der Waals surface area contributed by atoms with Gasteiger partial charge in [-0.1, -0.05) is 41.4 Å². The largest absolute Gasteiger partial charge is 0.459 e. The summed E-state index contributed by atoms with van der Waals surface area (Å²) in [5.74, 6) is -0.316. The molecular formula is C21H19ClN2O3S2. The van der Waals surface area contributed by atoms with Crippen LogP contribution in [0.2, 0.25) is 5.02 Å². The lowest BCUT2D eigenvalue weighted by molar-refractivity contribution is -0.141. The molecule has 0 spiro atoms.